The predicted octanol–water partition coefficient (Wildman–Crippen LogP) is 24.8. The Bertz CT molecular complexity index is 1990. The summed E-state index contributed by atoms with van der Waals surface area (Å²) < 4.78 is 68.7. The predicted molar refractivity (Wildman–Crippen MR) is 418 cm³/mol. The van der Waals surface area contributed by atoms with Gasteiger partial charge in [0.1, 0.15) is 19.3 Å². The number of phosphoric ester groups is 2. The maximum atomic E-state index is 13.1. The lowest BCUT2D eigenvalue weighted by Crippen LogP contribution is -2.30. The van der Waals surface area contributed by atoms with Gasteiger partial charge in [0.15, 0.2) is 12.2 Å². The second-order valence-corrected chi connectivity index (χ2v) is 34.4. The van der Waals surface area contributed by atoms with Crippen molar-refractivity contribution in [3.05, 3.63) is 0 Å². The van der Waals surface area contributed by atoms with Crippen LogP contribution in [0.25, 0.3) is 0 Å². The van der Waals surface area contributed by atoms with Gasteiger partial charge in [-0.25, -0.2) is 9.13 Å². The third-order valence-electron chi connectivity index (χ3n) is 19.7. The zero-order valence-corrected chi connectivity index (χ0v) is 69.0. The number of rotatable bonds is 80. The van der Waals surface area contributed by atoms with Crippen molar-refractivity contribution in [2.45, 2.75) is 446 Å². The summed E-state index contributed by atoms with van der Waals surface area (Å²) >= 11 is 0. The molecule has 0 amide bonds. The maximum absolute atomic E-state index is 13.1. The monoisotopic (exact) mass is 1490 g/mol. The summed E-state index contributed by atoms with van der Waals surface area (Å²) in [5.74, 6) is 0.959. The molecule has 0 heterocycles. The molecule has 0 saturated heterocycles. The number of phosphoric acid groups is 2. The number of hydrogen-bond donors (Lipinski definition) is 3. The molecule has 0 spiro atoms. The number of ether oxygens (including phenoxy) is 4. The SMILES string of the molecule is CCC(C)CCCCCCCCCCCCCCCCCCCCC(=O)O[C@H](COC(=O)CCCCCCCCCC(C)C)COP(=O)(O)OCC(O)COP(=O)(O)OC[C@@H](COC(=O)CCCCCCCCC(C)C)OC(=O)CCCCCCCCCCCCCCCCCCCCC(C)C. The van der Waals surface area contributed by atoms with Gasteiger partial charge < -0.3 is 33.8 Å². The topological polar surface area (TPSA) is 237 Å². The highest BCUT2D eigenvalue weighted by Crippen LogP contribution is 2.45. The van der Waals surface area contributed by atoms with E-state index in [0.29, 0.717) is 37.5 Å². The Kier molecular flexibility index (Phi) is 70.6. The fourth-order valence-corrected chi connectivity index (χ4v) is 14.3. The van der Waals surface area contributed by atoms with Crippen LogP contribution in [0.15, 0.2) is 0 Å². The highest BCUT2D eigenvalue weighted by atomic mass is 31.2. The van der Waals surface area contributed by atoms with Crippen LogP contribution in [0.1, 0.15) is 428 Å². The molecule has 0 aliphatic carbocycles. The molecule has 0 aliphatic rings. The lowest BCUT2D eigenvalue weighted by atomic mass is 9.99. The third kappa shape index (κ3) is 74.9. The summed E-state index contributed by atoms with van der Waals surface area (Å²) in [5.41, 5.74) is 0. The molecular formula is C83H162O17P2. The van der Waals surface area contributed by atoms with E-state index < -0.39 is 97.5 Å². The van der Waals surface area contributed by atoms with Crippen LogP contribution >= 0.6 is 15.6 Å². The second kappa shape index (κ2) is 72.0. The minimum atomic E-state index is -4.96. The lowest BCUT2D eigenvalue weighted by molar-refractivity contribution is -0.161. The number of unbranched alkanes of at least 4 members (excludes halogenated alkanes) is 45. The van der Waals surface area contributed by atoms with Crippen molar-refractivity contribution < 1.29 is 80.2 Å². The number of aliphatic hydroxyl groups excluding tert-OH is 1. The van der Waals surface area contributed by atoms with Gasteiger partial charge in [-0.15, -0.1) is 0 Å². The van der Waals surface area contributed by atoms with E-state index in [0.717, 1.165) is 115 Å². The lowest BCUT2D eigenvalue weighted by Gasteiger charge is -2.21. The van der Waals surface area contributed by atoms with E-state index in [-0.39, 0.29) is 25.7 Å². The number of carbonyl (C=O) groups is 4. The van der Waals surface area contributed by atoms with Gasteiger partial charge in [0.2, 0.25) is 0 Å². The summed E-state index contributed by atoms with van der Waals surface area (Å²) in [5, 5.41) is 10.6. The quantitative estimate of drug-likeness (QED) is 0.0222. The van der Waals surface area contributed by atoms with Crippen molar-refractivity contribution in [3.8, 4) is 0 Å². The molecule has 0 aromatic heterocycles. The van der Waals surface area contributed by atoms with Crippen molar-refractivity contribution >= 4 is 39.5 Å². The summed E-state index contributed by atoms with van der Waals surface area (Å²) in [7, 11) is -9.92. The van der Waals surface area contributed by atoms with Crippen LogP contribution in [0.5, 0.6) is 0 Å². The highest BCUT2D eigenvalue weighted by molar-refractivity contribution is 7.47. The molecule has 0 rings (SSSR count). The fourth-order valence-electron chi connectivity index (χ4n) is 12.8. The minimum Gasteiger partial charge on any atom is -0.462 e. The first-order valence-corrected chi connectivity index (χ1v) is 45.7. The van der Waals surface area contributed by atoms with Crippen LogP contribution in [0.2, 0.25) is 0 Å². The molecule has 606 valence electrons. The van der Waals surface area contributed by atoms with Crippen LogP contribution in [0.4, 0.5) is 0 Å². The second-order valence-electron chi connectivity index (χ2n) is 31.5. The largest absolute Gasteiger partial charge is 0.472 e. The summed E-state index contributed by atoms with van der Waals surface area (Å²) in [6.07, 6.45) is 60.1. The summed E-state index contributed by atoms with van der Waals surface area (Å²) in [6.45, 7) is 14.2. The first-order chi connectivity index (χ1) is 49.1. The molecule has 0 aromatic rings. The number of hydrogen-bond acceptors (Lipinski definition) is 15. The van der Waals surface area contributed by atoms with Crippen LogP contribution in [-0.2, 0) is 65.4 Å². The van der Waals surface area contributed by atoms with Crippen LogP contribution in [0.3, 0.4) is 0 Å². The Morgan fingerprint density at radius 3 is 0.696 bits per heavy atom. The van der Waals surface area contributed by atoms with E-state index in [1.807, 2.05) is 0 Å². The molecule has 3 N–H and O–H groups in total. The Morgan fingerprint density at radius 1 is 0.275 bits per heavy atom. The average Bonchev–Trinajstić information content (AvgIpc) is 0.929. The Hall–Kier alpha value is -1.94. The van der Waals surface area contributed by atoms with Gasteiger partial charge in [-0.2, -0.15) is 0 Å². The van der Waals surface area contributed by atoms with E-state index in [1.54, 1.807) is 0 Å². The molecule has 0 saturated carbocycles. The van der Waals surface area contributed by atoms with E-state index in [4.69, 9.17) is 37.0 Å². The van der Waals surface area contributed by atoms with Crippen molar-refractivity contribution in [1.82, 2.24) is 0 Å². The first-order valence-electron chi connectivity index (χ1n) is 42.7. The molecule has 19 heteroatoms. The number of carbonyl (C=O) groups excluding carboxylic acids is 4. The zero-order chi connectivity index (χ0) is 75.3. The Labute approximate surface area is 626 Å². The van der Waals surface area contributed by atoms with Crippen molar-refractivity contribution in [2.24, 2.45) is 23.7 Å². The van der Waals surface area contributed by atoms with Gasteiger partial charge in [-0.1, -0.05) is 376 Å². The third-order valence-corrected chi connectivity index (χ3v) is 21.6. The van der Waals surface area contributed by atoms with Gasteiger partial charge in [0.25, 0.3) is 0 Å². The number of aliphatic hydroxyl groups is 1. The van der Waals surface area contributed by atoms with Gasteiger partial charge in [-0.3, -0.25) is 37.3 Å². The van der Waals surface area contributed by atoms with Gasteiger partial charge in [0, 0.05) is 25.7 Å². The standard InChI is InChI=1S/C83H162O17P2/c1-9-76(8)62-54-46-37-31-27-23-19-15-11-13-17-21-25-29-33-39-49-57-65-82(87)99-78(69-93-80(85)63-55-47-40-34-36-44-52-60-74(4)5)71-97-101(89,90)95-67-77(84)68-96-102(91,92)98-72-79(70-94-81(86)64-56-48-42-41-45-53-61-75(6)7)100-83(88)66-58-50-38-32-28-24-20-16-12-10-14-18-22-26-30-35-43-51-59-73(2)3/h73-79,84H,9-72H2,1-8H3,(H,89,90)(H,91,92)/t76?,77?,78-,79-/m1/s1. The molecule has 0 bridgehead atoms. The summed E-state index contributed by atoms with van der Waals surface area (Å²) in [4.78, 5) is 72.9. The smallest absolute Gasteiger partial charge is 0.462 e. The van der Waals surface area contributed by atoms with Crippen LogP contribution < -0.4 is 0 Å². The Balaban J connectivity index is 5.11. The first kappa shape index (κ1) is 100. The maximum Gasteiger partial charge on any atom is 0.472 e. The fraction of sp³-hybridized carbons (Fsp3) is 0.952. The van der Waals surface area contributed by atoms with Crippen molar-refractivity contribution in [2.75, 3.05) is 39.6 Å². The molecule has 4 unspecified atom stereocenters. The molecule has 0 aromatic carbocycles. The van der Waals surface area contributed by atoms with Gasteiger partial charge in [-0.05, 0) is 49.4 Å². The molecule has 6 atom stereocenters. The molecule has 0 radical (unpaired) electrons. The van der Waals surface area contributed by atoms with E-state index in [1.165, 1.54) is 218 Å². The van der Waals surface area contributed by atoms with E-state index in [9.17, 15) is 43.2 Å². The molecule has 0 fully saturated rings. The Morgan fingerprint density at radius 2 is 0.471 bits per heavy atom. The molecule has 0 aliphatic heterocycles. The summed E-state index contributed by atoms with van der Waals surface area (Å²) in [6, 6.07) is 0. The van der Waals surface area contributed by atoms with Gasteiger partial charge >= 0.3 is 39.5 Å². The normalized spacial score (nSPS) is 14.3. The van der Waals surface area contributed by atoms with Gasteiger partial charge in [0.05, 0.1) is 26.4 Å². The van der Waals surface area contributed by atoms with Crippen LogP contribution in [-0.4, -0.2) is 96.7 Å². The van der Waals surface area contributed by atoms with Crippen molar-refractivity contribution in [1.29, 1.82) is 0 Å². The highest BCUT2D eigenvalue weighted by Gasteiger charge is 2.30. The minimum absolute atomic E-state index is 0.107. The zero-order valence-electron chi connectivity index (χ0n) is 67.2. The number of esters is 4. The average molecular weight is 1490 g/mol. The van der Waals surface area contributed by atoms with Crippen LogP contribution in [0, 0.1) is 23.7 Å². The van der Waals surface area contributed by atoms with E-state index >= 15 is 0 Å². The van der Waals surface area contributed by atoms with E-state index in [2.05, 4.69) is 55.4 Å². The molecular weight excluding hydrogens is 1330 g/mol. The molecule has 17 nitrogen and oxygen atoms in total. The van der Waals surface area contributed by atoms with Crippen molar-refractivity contribution in [3.63, 3.8) is 0 Å². The molecule has 102 heavy (non-hydrogen) atoms.